The zero-order chi connectivity index (χ0) is 19.5. The van der Waals surface area contributed by atoms with E-state index >= 15 is 0 Å². The van der Waals surface area contributed by atoms with Crippen LogP contribution in [-0.2, 0) is 4.79 Å². The Kier molecular flexibility index (Phi) is 5.83. The van der Waals surface area contributed by atoms with Crippen molar-refractivity contribution in [2.24, 2.45) is 5.92 Å². The summed E-state index contributed by atoms with van der Waals surface area (Å²) in [6.45, 7) is 4.84. The molecule has 0 aromatic heterocycles. The number of rotatable bonds is 5. The number of halogens is 3. The first-order valence-corrected chi connectivity index (χ1v) is 8.45. The van der Waals surface area contributed by atoms with Crippen LogP contribution in [0.15, 0.2) is 24.3 Å². The Morgan fingerprint density at radius 3 is 2.38 bits per heavy atom. The predicted octanol–water partition coefficient (Wildman–Crippen LogP) is 3.00. The van der Waals surface area contributed by atoms with Gasteiger partial charge in [-0.1, -0.05) is 0 Å². The predicted molar refractivity (Wildman–Crippen MR) is 89.9 cm³/mol. The highest BCUT2D eigenvalue weighted by Gasteiger charge is 2.56. The quantitative estimate of drug-likeness (QED) is 0.864. The summed E-state index contributed by atoms with van der Waals surface area (Å²) >= 11 is 0. The molecule has 144 valence electrons. The molecular formula is C18H23F3N2O3. The first kappa shape index (κ1) is 20.1. The molecule has 0 aliphatic carbocycles. The van der Waals surface area contributed by atoms with E-state index in [1.165, 1.54) is 18.7 Å². The molecule has 0 radical (unpaired) electrons. The molecule has 1 heterocycles. The molecule has 8 heteroatoms. The normalized spacial score (nSPS) is 19.3. The molecule has 26 heavy (non-hydrogen) atoms. The molecule has 1 atom stereocenters. The first-order valence-electron chi connectivity index (χ1n) is 8.45. The van der Waals surface area contributed by atoms with Gasteiger partial charge in [-0.2, -0.15) is 13.2 Å². The van der Waals surface area contributed by atoms with Crippen molar-refractivity contribution in [3.05, 3.63) is 29.8 Å². The van der Waals surface area contributed by atoms with Crippen molar-refractivity contribution in [2.75, 3.05) is 19.7 Å². The number of likely N-dealkylation sites (tertiary alicyclic amines) is 1. The van der Waals surface area contributed by atoms with Crippen LogP contribution in [0.2, 0.25) is 0 Å². The van der Waals surface area contributed by atoms with Gasteiger partial charge in [0.1, 0.15) is 5.75 Å². The highest BCUT2D eigenvalue weighted by molar-refractivity contribution is 5.96. The molecule has 2 rings (SSSR count). The van der Waals surface area contributed by atoms with Gasteiger partial charge in [0.15, 0.2) is 0 Å². The number of alkyl halides is 3. The summed E-state index contributed by atoms with van der Waals surface area (Å²) in [6.07, 6.45) is -4.49. The highest BCUT2D eigenvalue weighted by Crippen LogP contribution is 2.44. The third-order valence-electron chi connectivity index (χ3n) is 4.71. The number of nitrogens with zero attached hydrogens (tertiary/aromatic N) is 1. The van der Waals surface area contributed by atoms with Crippen LogP contribution >= 0.6 is 0 Å². The minimum Gasteiger partial charge on any atom is -0.494 e. The van der Waals surface area contributed by atoms with Crippen molar-refractivity contribution in [2.45, 2.75) is 38.9 Å². The summed E-state index contributed by atoms with van der Waals surface area (Å²) in [4.78, 5) is 25.6. The standard InChI is InChI=1S/C18H23F3N2O3/c1-4-26-13-7-5-12(6-8-13)16(25)22-11-15(24)23-10-9-14(17(23,2)3)18(19,20)21/h5-8,14H,4,9-11H2,1-3H3,(H,22,25)/t14-/m1/s1. The Hall–Kier alpha value is -2.25. The third kappa shape index (κ3) is 4.28. The molecule has 0 bridgehead atoms. The summed E-state index contributed by atoms with van der Waals surface area (Å²) in [5.74, 6) is -1.94. The van der Waals surface area contributed by atoms with Crippen molar-refractivity contribution in [1.82, 2.24) is 10.2 Å². The van der Waals surface area contributed by atoms with E-state index in [0.717, 1.165) is 0 Å². The van der Waals surface area contributed by atoms with Crippen molar-refractivity contribution in [3.63, 3.8) is 0 Å². The Bertz CT molecular complexity index is 657. The molecule has 1 aliphatic rings. The fraction of sp³-hybridized carbons (Fsp3) is 0.556. The molecule has 1 aromatic rings. The van der Waals surface area contributed by atoms with Crippen molar-refractivity contribution < 1.29 is 27.5 Å². The smallest absolute Gasteiger partial charge is 0.394 e. The Morgan fingerprint density at radius 1 is 1.27 bits per heavy atom. The lowest BCUT2D eigenvalue weighted by molar-refractivity contribution is -0.192. The fourth-order valence-electron chi connectivity index (χ4n) is 3.32. The zero-order valence-corrected chi connectivity index (χ0v) is 15.0. The SMILES string of the molecule is CCOc1ccc(C(=O)NCC(=O)N2CC[C@@H](C(F)(F)F)C2(C)C)cc1. The van der Waals surface area contributed by atoms with Crippen LogP contribution in [0, 0.1) is 5.92 Å². The molecule has 1 saturated heterocycles. The van der Waals surface area contributed by atoms with Gasteiger partial charge in [-0.05, 0) is 51.5 Å². The molecule has 1 aromatic carbocycles. The molecule has 5 nitrogen and oxygen atoms in total. The van der Waals surface area contributed by atoms with Crippen LogP contribution in [0.4, 0.5) is 13.2 Å². The Balaban J connectivity index is 1.95. The van der Waals surface area contributed by atoms with Gasteiger partial charge in [0.2, 0.25) is 5.91 Å². The second kappa shape index (κ2) is 7.55. The third-order valence-corrected chi connectivity index (χ3v) is 4.71. The first-order chi connectivity index (χ1) is 12.1. The van der Waals surface area contributed by atoms with Crippen LogP contribution in [0.1, 0.15) is 37.6 Å². The molecule has 0 saturated carbocycles. The van der Waals surface area contributed by atoms with Gasteiger partial charge in [-0.15, -0.1) is 0 Å². The van der Waals surface area contributed by atoms with Gasteiger partial charge in [-0.25, -0.2) is 0 Å². The summed E-state index contributed by atoms with van der Waals surface area (Å²) in [6, 6.07) is 6.39. The maximum atomic E-state index is 13.1. The zero-order valence-electron chi connectivity index (χ0n) is 15.0. The second-order valence-corrected chi connectivity index (χ2v) is 6.72. The van der Waals surface area contributed by atoms with E-state index in [4.69, 9.17) is 4.74 Å². The molecule has 0 spiro atoms. The van der Waals surface area contributed by atoms with Gasteiger partial charge < -0.3 is 15.0 Å². The molecule has 1 fully saturated rings. The Morgan fingerprint density at radius 2 is 1.88 bits per heavy atom. The van der Waals surface area contributed by atoms with Crippen LogP contribution in [0.3, 0.4) is 0 Å². The maximum absolute atomic E-state index is 13.1. The van der Waals surface area contributed by atoms with Gasteiger partial charge in [0.25, 0.3) is 5.91 Å². The van der Waals surface area contributed by atoms with E-state index in [1.807, 2.05) is 6.92 Å². The highest BCUT2D eigenvalue weighted by atomic mass is 19.4. The monoisotopic (exact) mass is 372 g/mol. The van der Waals surface area contributed by atoms with Crippen molar-refractivity contribution >= 4 is 11.8 Å². The lowest BCUT2D eigenvalue weighted by Gasteiger charge is -2.36. The molecule has 2 amide bonds. The average Bonchev–Trinajstić information content (AvgIpc) is 2.88. The Labute approximate surface area is 150 Å². The van der Waals surface area contributed by atoms with E-state index in [2.05, 4.69) is 5.32 Å². The van der Waals surface area contributed by atoms with Gasteiger partial charge in [0, 0.05) is 17.6 Å². The fourth-order valence-corrected chi connectivity index (χ4v) is 3.32. The molecule has 1 aliphatic heterocycles. The van der Waals surface area contributed by atoms with Crippen LogP contribution in [0.5, 0.6) is 5.75 Å². The number of hydrogen-bond acceptors (Lipinski definition) is 3. The summed E-state index contributed by atoms with van der Waals surface area (Å²) < 4.78 is 44.6. The number of nitrogens with one attached hydrogen (secondary N) is 1. The average molecular weight is 372 g/mol. The van der Waals surface area contributed by atoms with Crippen LogP contribution in [0.25, 0.3) is 0 Å². The van der Waals surface area contributed by atoms with Crippen LogP contribution in [-0.4, -0.2) is 48.1 Å². The topological polar surface area (TPSA) is 58.6 Å². The minimum atomic E-state index is -4.36. The lowest BCUT2D eigenvalue weighted by Crippen LogP contribution is -2.52. The number of hydrogen-bond donors (Lipinski definition) is 1. The molecule has 0 unspecified atom stereocenters. The van der Waals surface area contributed by atoms with E-state index in [1.54, 1.807) is 24.3 Å². The number of ether oxygens (including phenoxy) is 1. The number of benzene rings is 1. The number of amides is 2. The van der Waals surface area contributed by atoms with E-state index in [9.17, 15) is 22.8 Å². The van der Waals surface area contributed by atoms with Crippen molar-refractivity contribution in [1.29, 1.82) is 0 Å². The molecule has 1 N–H and O–H groups in total. The van der Waals surface area contributed by atoms with Crippen molar-refractivity contribution in [3.8, 4) is 5.75 Å². The summed E-state index contributed by atoms with van der Waals surface area (Å²) in [7, 11) is 0. The summed E-state index contributed by atoms with van der Waals surface area (Å²) in [5.41, 5.74) is -0.991. The summed E-state index contributed by atoms with van der Waals surface area (Å²) in [5, 5.41) is 2.47. The van der Waals surface area contributed by atoms with E-state index < -0.39 is 29.4 Å². The second-order valence-electron chi connectivity index (χ2n) is 6.72. The minimum absolute atomic E-state index is 0.0228. The number of carbonyl (C=O) groups is 2. The van der Waals surface area contributed by atoms with Gasteiger partial charge in [0.05, 0.1) is 19.1 Å². The van der Waals surface area contributed by atoms with Gasteiger partial charge >= 0.3 is 6.18 Å². The van der Waals surface area contributed by atoms with Crippen LogP contribution < -0.4 is 10.1 Å². The van der Waals surface area contributed by atoms with E-state index in [-0.39, 0.29) is 19.5 Å². The molecular weight excluding hydrogens is 349 g/mol. The van der Waals surface area contributed by atoms with E-state index in [0.29, 0.717) is 17.9 Å². The number of carbonyl (C=O) groups excluding carboxylic acids is 2. The van der Waals surface area contributed by atoms with Gasteiger partial charge in [-0.3, -0.25) is 9.59 Å². The largest absolute Gasteiger partial charge is 0.494 e. The lowest BCUT2D eigenvalue weighted by atomic mass is 9.88. The maximum Gasteiger partial charge on any atom is 0.394 e.